The molecule has 0 bridgehead atoms. The zero-order valence-corrected chi connectivity index (χ0v) is 5.08. The Morgan fingerprint density at radius 3 is 2.67 bits per heavy atom. The van der Waals surface area contributed by atoms with E-state index in [9.17, 15) is 4.79 Å². The molecule has 0 radical (unpaired) electrons. The van der Waals surface area contributed by atoms with Gasteiger partial charge >= 0.3 is 0 Å². The van der Waals surface area contributed by atoms with E-state index in [0.717, 1.165) is 0 Å². The van der Waals surface area contributed by atoms with Crippen LogP contribution in [-0.2, 0) is 4.79 Å². The molecule has 2 atom stereocenters. The van der Waals surface area contributed by atoms with Crippen LogP contribution in [0.15, 0.2) is 0 Å². The van der Waals surface area contributed by atoms with Crippen molar-refractivity contribution in [3.8, 4) is 0 Å². The zero-order valence-electron chi connectivity index (χ0n) is 5.08. The molecule has 0 aromatic carbocycles. The van der Waals surface area contributed by atoms with Crippen LogP contribution in [0.4, 0.5) is 0 Å². The highest BCUT2D eigenvalue weighted by Crippen LogP contribution is 1.96. The van der Waals surface area contributed by atoms with Gasteiger partial charge in [-0.2, -0.15) is 0 Å². The van der Waals surface area contributed by atoms with E-state index in [1.807, 2.05) is 0 Å². The van der Waals surface area contributed by atoms with Crippen molar-refractivity contribution in [2.45, 2.75) is 18.6 Å². The number of hydrogen-bond acceptors (Lipinski definition) is 2. The summed E-state index contributed by atoms with van der Waals surface area (Å²) in [6.07, 6.45) is 0.164. The molecule has 1 fully saturated rings. The van der Waals surface area contributed by atoms with Crippen molar-refractivity contribution in [3.63, 3.8) is 0 Å². The molecule has 0 aromatic rings. The van der Waals surface area contributed by atoms with Gasteiger partial charge in [0.15, 0.2) is 6.04 Å². The summed E-state index contributed by atoms with van der Waals surface area (Å²) in [6.45, 7) is 0.605. The Hall–Kier alpha value is -0.610. The van der Waals surface area contributed by atoms with Gasteiger partial charge in [-0.25, -0.2) is 0 Å². The standard InChI is InChI=1S/C5H10N2O2/c6-5(9)4-1-3(8)2-7-4/h3-4,7-8H,1-2H2,(H2,6,9)/p+1/t3-,4+/m0/s1. The molecule has 0 aliphatic carbocycles. The van der Waals surface area contributed by atoms with Crippen molar-refractivity contribution in [2.75, 3.05) is 6.54 Å². The number of rotatable bonds is 1. The number of primary amides is 1. The fraction of sp³-hybridized carbons (Fsp3) is 0.800. The Labute approximate surface area is 53.0 Å². The molecule has 0 unspecified atom stereocenters. The monoisotopic (exact) mass is 131 g/mol. The molecule has 0 aromatic heterocycles. The van der Waals surface area contributed by atoms with Crippen LogP contribution in [0.2, 0.25) is 0 Å². The Morgan fingerprint density at radius 2 is 2.44 bits per heavy atom. The summed E-state index contributed by atoms with van der Waals surface area (Å²) in [7, 11) is 0. The van der Waals surface area contributed by atoms with Crippen molar-refractivity contribution < 1.29 is 15.2 Å². The first kappa shape index (κ1) is 6.51. The number of hydrogen-bond donors (Lipinski definition) is 3. The van der Waals surface area contributed by atoms with Gasteiger partial charge in [0.2, 0.25) is 0 Å². The fourth-order valence-corrected chi connectivity index (χ4v) is 1.04. The molecule has 0 saturated carbocycles. The molecule has 0 spiro atoms. The van der Waals surface area contributed by atoms with Crippen LogP contribution < -0.4 is 11.1 Å². The maximum Gasteiger partial charge on any atom is 0.275 e. The summed E-state index contributed by atoms with van der Waals surface area (Å²) < 4.78 is 0. The summed E-state index contributed by atoms with van der Waals surface area (Å²) in [6, 6.07) is -0.194. The third kappa shape index (κ3) is 1.40. The lowest BCUT2D eigenvalue weighted by Gasteiger charge is -1.97. The van der Waals surface area contributed by atoms with Crippen molar-refractivity contribution >= 4 is 5.91 Å². The van der Waals surface area contributed by atoms with E-state index in [-0.39, 0.29) is 18.1 Å². The largest absolute Gasteiger partial charge is 0.387 e. The molecule has 1 aliphatic heterocycles. The van der Waals surface area contributed by atoms with Crippen molar-refractivity contribution in [3.05, 3.63) is 0 Å². The maximum absolute atomic E-state index is 10.4. The van der Waals surface area contributed by atoms with Crippen LogP contribution in [0.3, 0.4) is 0 Å². The quantitative estimate of drug-likeness (QED) is 0.358. The molecule has 1 rings (SSSR count). The van der Waals surface area contributed by atoms with Gasteiger partial charge in [0, 0.05) is 6.42 Å². The van der Waals surface area contributed by atoms with Gasteiger partial charge in [0.05, 0.1) is 0 Å². The van der Waals surface area contributed by atoms with E-state index < -0.39 is 0 Å². The number of carbonyl (C=O) groups is 1. The van der Waals surface area contributed by atoms with E-state index in [0.29, 0.717) is 13.0 Å². The Kier molecular flexibility index (Phi) is 1.68. The molecule has 1 aliphatic rings. The fourth-order valence-electron chi connectivity index (χ4n) is 1.04. The van der Waals surface area contributed by atoms with Crippen molar-refractivity contribution in [2.24, 2.45) is 5.73 Å². The van der Waals surface area contributed by atoms with Gasteiger partial charge in [-0.15, -0.1) is 0 Å². The predicted octanol–water partition coefficient (Wildman–Crippen LogP) is -2.83. The second-order valence-electron chi connectivity index (χ2n) is 2.37. The van der Waals surface area contributed by atoms with Gasteiger partial charge in [0.25, 0.3) is 5.91 Å². The zero-order chi connectivity index (χ0) is 6.85. The lowest BCUT2D eigenvalue weighted by molar-refractivity contribution is -0.659. The second kappa shape index (κ2) is 2.33. The van der Waals surface area contributed by atoms with Gasteiger partial charge in [-0.05, 0) is 0 Å². The topological polar surface area (TPSA) is 79.9 Å². The van der Waals surface area contributed by atoms with Crippen LogP contribution in [-0.4, -0.2) is 29.7 Å². The number of quaternary nitrogens is 1. The summed E-state index contributed by atoms with van der Waals surface area (Å²) in [5.41, 5.74) is 4.98. The third-order valence-corrected chi connectivity index (χ3v) is 1.58. The van der Waals surface area contributed by atoms with E-state index >= 15 is 0 Å². The molecule has 1 heterocycles. The first-order chi connectivity index (χ1) is 4.20. The van der Waals surface area contributed by atoms with Gasteiger partial charge < -0.3 is 16.2 Å². The average molecular weight is 131 g/mol. The SMILES string of the molecule is NC(=O)[C@H]1C[C@H](O)C[NH2+]1. The number of carbonyl (C=O) groups excluding carboxylic acids is 1. The number of nitrogens with two attached hydrogens (primary N) is 2. The van der Waals surface area contributed by atoms with E-state index in [1.165, 1.54) is 0 Å². The minimum Gasteiger partial charge on any atom is -0.387 e. The number of amides is 1. The minimum atomic E-state index is -0.345. The first-order valence-electron chi connectivity index (χ1n) is 3.01. The van der Waals surface area contributed by atoms with Crippen molar-refractivity contribution in [1.29, 1.82) is 0 Å². The van der Waals surface area contributed by atoms with Gasteiger partial charge in [-0.1, -0.05) is 0 Å². The predicted molar refractivity (Wildman–Crippen MR) is 30.4 cm³/mol. The van der Waals surface area contributed by atoms with E-state index in [2.05, 4.69) is 0 Å². The summed E-state index contributed by atoms with van der Waals surface area (Å²) >= 11 is 0. The highest BCUT2D eigenvalue weighted by Gasteiger charge is 2.30. The molecule has 9 heavy (non-hydrogen) atoms. The molecular formula is C5H11N2O2+. The Balaban J connectivity index is 2.39. The highest BCUT2D eigenvalue weighted by molar-refractivity contribution is 5.78. The summed E-state index contributed by atoms with van der Waals surface area (Å²) in [4.78, 5) is 10.4. The number of aliphatic hydroxyl groups excluding tert-OH is 1. The average Bonchev–Trinajstić information content (AvgIpc) is 2.14. The first-order valence-corrected chi connectivity index (χ1v) is 3.01. The summed E-state index contributed by atoms with van der Waals surface area (Å²) in [5.74, 6) is -0.327. The molecular weight excluding hydrogens is 120 g/mol. The van der Waals surface area contributed by atoms with Gasteiger partial charge in [-0.3, -0.25) is 4.79 Å². The molecule has 4 heteroatoms. The third-order valence-electron chi connectivity index (χ3n) is 1.58. The van der Waals surface area contributed by atoms with Crippen molar-refractivity contribution in [1.82, 2.24) is 0 Å². The van der Waals surface area contributed by atoms with E-state index in [4.69, 9.17) is 10.8 Å². The van der Waals surface area contributed by atoms with Crippen LogP contribution >= 0.6 is 0 Å². The molecule has 5 N–H and O–H groups in total. The van der Waals surface area contributed by atoms with Crippen LogP contribution in [0, 0.1) is 0 Å². The smallest absolute Gasteiger partial charge is 0.275 e. The van der Waals surface area contributed by atoms with E-state index in [1.54, 1.807) is 5.32 Å². The molecule has 52 valence electrons. The molecule has 1 saturated heterocycles. The number of aliphatic hydroxyl groups is 1. The highest BCUT2D eigenvalue weighted by atomic mass is 16.3. The lowest BCUT2D eigenvalue weighted by Crippen LogP contribution is -2.89. The second-order valence-corrected chi connectivity index (χ2v) is 2.37. The minimum absolute atomic E-state index is 0.194. The van der Waals surface area contributed by atoms with Crippen LogP contribution in [0.1, 0.15) is 6.42 Å². The Bertz CT molecular complexity index is 126. The van der Waals surface area contributed by atoms with Gasteiger partial charge in [0.1, 0.15) is 12.6 Å². The normalized spacial score (nSPS) is 34.8. The molecule has 4 nitrogen and oxygen atoms in total. The maximum atomic E-state index is 10.4. The Morgan fingerprint density at radius 1 is 1.78 bits per heavy atom. The van der Waals surface area contributed by atoms with Crippen LogP contribution in [0.25, 0.3) is 0 Å². The lowest BCUT2D eigenvalue weighted by atomic mass is 10.2. The van der Waals surface area contributed by atoms with Crippen LogP contribution in [0.5, 0.6) is 0 Å². The molecule has 1 amide bonds. The summed E-state index contributed by atoms with van der Waals surface area (Å²) in [5, 5.41) is 10.7.